The summed E-state index contributed by atoms with van der Waals surface area (Å²) in [5.74, 6) is -1.01. The Kier molecular flexibility index (Phi) is 38.8. The molecule has 10 nitrogen and oxygen atoms in total. The van der Waals surface area contributed by atoms with E-state index in [-0.39, 0.29) is 26.1 Å². The molecule has 0 heterocycles. The highest BCUT2D eigenvalue weighted by atomic mass is 31.2. The molecular weight excluding hydrogens is 790 g/mol. The molecule has 1 N–H and O–H groups in total. The Balaban J connectivity index is 4.59. The summed E-state index contributed by atoms with van der Waals surface area (Å²) >= 11 is 0. The van der Waals surface area contributed by atoms with Crippen molar-refractivity contribution >= 4 is 19.8 Å². The lowest BCUT2D eigenvalue weighted by molar-refractivity contribution is -0.870. The van der Waals surface area contributed by atoms with E-state index >= 15 is 0 Å². The van der Waals surface area contributed by atoms with Crippen molar-refractivity contribution in [1.29, 1.82) is 0 Å². The topological polar surface area (TPSA) is 131 Å². The van der Waals surface area contributed by atoms with Gasteiger partial charge in [-0.3, -0.25) is 14.2 Å². The van der Waals surface area contributed by atoms with Crippen molar-refractivity contribution in [3.05, 3.63) is 97.2 Å². The first-order valence-electron chi connectivity index (χ1n) is 23.1. The Bertz CT molecular complexity index is 1370. The van der Waals surface area contributed by atoms with Crippen molar-refractivity contribution in [3.63, 3.8) is 0 Å². The zero-order chi connectivity index (χ0) is 45.1. The Labute approximate surface area is 371 Å². The predicted octanol–water partition coefficient (Wildman–Crippen LogP) is 11.7. The number of phosphoric acid groups is 1. The van der Waals surface area contributed by atoms with Gasteiger partial charge < -0.3 is 33.0 Å². The summed E-state index contributed by atoms with van der Waals surface area (Å²) in [7, 11) is 1.04. The summed E-state index contributed by atoms with van der Waals surface area (Å²) in [5, 5.41) is 10.2. The molecule has 2 unspecified atom stereocenters. The molecule has 0 saturated heterocycles. The SMILES string of the molecule is CCCCC/C=C\C/C=C\C/C=C\C/C=C\CCCCCC(=O)OC[C@H](COP(=O)([O-])OCC[N+](C)(C)C)OC(=O)CCC/C=C/C=C\C(O)C/C=C\C/C=C\CCCCC. The number of hydrogen-bond acceptors (Lipinski definition) is 9. The van der Waals surface area contributed by atoms with E-state index in [0.29, 0.717) is 36.7 Å². The highest BCUT2D eigenvalue weighted by Gasteiger charge is 2.21. The summed E-state index contributed by atoms with van der Waals surface area (Å²) < 4.78 is 33.8. The molecule has 0 aromatic rings. The van der Waals surface area contributed by atoms with Gasteiger partial charge in [0.15, 0.2) is 6.10 Å². The molecule has 3 atom stereocenters. The van der Waals surface area contributed by atoms with Crippen LogP contribution in [0.4, 0.5) is 0 Å². The summed E-state index contributed by atoms with van der Waals surface area (Å²) in [6.07, 6.45) is 50.4. The van der Waals surface area contributed by atoms with Crippen LogP contribution in [0.3, 0.4) is 0 Å². The van der Waals surface area contributed by atoms with Gasteiger partial charge in [-0.2, -0.15) is 0 Å². The molecule has 0 amide bonds. The van der Waals surface area contributed by atoms with E-state index in [1.54, 1.807) is 12.2 Å². The molecule has 11 heteroatoms. The van der Waals surface area contributed by atoms with Gasteiger partial charge in [-0.15, -0.1) is 0 Å². The first-order valence-corrected chi connectivity index (χ1v) is 24.5. The van der Waals surface area contributed by atoms with Crippen LogP contribution >= 0.6 is 7.82 Å². The maximum absolute atomic E-state index is 12.7. The van der Waals surface area contributed by atoms with Gasteiger partial charge in [0.25, 0.3) is 7.82 Å². The van der Waals surface area contributed by atoms with Crippen molar-refractivity contribution in [2.45, 2.75) is 161 Å². The number of ether oxygens (including phenoxy) is 2. The molecule has 0 rings (SSSR count). The van der Waals surface area contributed by atoms with Gasteiger partial charge in [-0.05, 0) is 89.9 Å². The third kappa shape index (κ3) is 44.7. The van der Waals surface area contributed by atoms with Crippen LogP contribution in [-0.2, 0) is 32.7 Å². The average molecular weight is 874 g/mol. The lowest BCUT2D eigenvalue weighted by Gasteiger charge is -2.28. The summed E-state index contributed by atoms with van der Waals surface area (Å²) in [4.78, 5) is 37.6. The smallest absolute Gasteiger partial charge is 0.306 e. The van der Waals surface area contributed by atoms with Gasteiger partial charge >= 0.3 is 11.9 Å². The van der Waals surface area contributed by atoms with Gasteiger partial charge in [-0.1, -0.05) is 143 Å². The van der Waals surface area contributed by atoms with Crippen LogP contribution in [0.1, 0.15) is 149 Å². The third-order valence-electron chi connectivity index (χ3n) is 9.16. The second kappa shape index (κ2) is 40.9. The second-order valence-electron chi connectivity index (χ2n) is 16.3. The molecule has 0 fully saturated rings. The Morgan fingerprint density at radius 2 is 1.11 bits per heavy atom. The molecule has 0 aromatic carbocycles. The normalized spacial score (nSPS) is 14.9. The number of rotatable bonds is 40. The molecule has 0 radical (unpaired) electrons. The number of aliphatic hydroxyl groups is 1. The number of aliphatic hydroxyl groups excluding tert-OH is 1. The number of esters is 2. The number of hydrogen-bond donors (Lipinski definition) is 1. The first kappa shape index (κ1) is 57.9. The van der Waals surface area contributed by atoms with Crippen LogP contribution in [0.25, 0.3) is 0 Å². The zero-order valence-electron chi connectivity index (χ0n) is 38.7. The molecule has 0 aliphatic rings. The minimum Gasteiger partial charge on any atom is -0.756 e. The molecule has 348 valence electrons. The quantitative estimate of drug-likeness (QED) is 0.0160. The fraction of sp³-hybridized carbons (Fsp3) is 0.640. The largest absolute Gasteiger partial charge is 0.756 e. The van der Waals surface area contributed by atoms with Crippen LogP contribution in [-0.4, -0.2) is 81.2 Å². The van der Waals surface area contributed by atoms with E-state index in [2.05, 4.69) is 80.7 Å². The van der Waals surface area contributed by atoms with Gasteiger partial charge in [-0.25, -0.2) is 0 Å². The Morgan fingerprint density at radius 3 is 1.67 bits per heavy atom. The maximum Gasteiger partial charge on any atom is 0.306 e. The number of nitrogens with zero attached hydrogens (tertiary/aromatic N) is 1. The van der Waals surface area contributed by atoms with Crippen molar-refractivity contribution in [2.75, 3.05) is 47.5 Å². The van der Waals surface area contributed by atoms with Crippen LogP contribution < -0.4 is 4.89 Å². The van der Waals surface area contributed by atoms with Crippen molar-refractivity contribution in [3.8, 4) is 0 Å². The molecule has 0 spiro atoms. The summed E-state index contributed by atoms with van der Waals surface area (Å²) in [6, 6.07) is 0. The van der Waals surface area contributed by atoms with Crippen LogP contribution in [0.5, 0.6) is 0 Å². The van der Waals surface area contributed by atoms with E-state index in [0.717, 1.165) is 51.4 Å². The number of allylic oxidation sites excluding steroid dienone is 14. The summed E-state index contributed by atoms with van der Waals surface area (Å²) in [5.41, 5.74) is 0. The first-order chi connectivity index (χ1) is 29.4. The van der Waals surface area contributed by atoms with Gasteiger partial charge in [0.1, 0.15) is 19.8 Å². The molecule has 61 heavy (non-hydrogen) atoms. The minimum atomic E-state index is -4.68. The van der Waals surface area contributed by atoms with E-state index in [1.165, 1.54) is 44.9 Å². The van der Waals surface area contributed by atoms with Gasteiger partial charge in [0.2, 0.25) is 0 Å². The highest BCUT2D eigenvalue weighted by molar-refractivity contribution is 7.45. The zero-order valence-corrected chi connectivity index (χ0v) is 39.6. The van der Waals surface area contributed by atoms with Crippen molar-refractivity contribution < 1.29 is 47.2 Å². The number of carbonyl (C=O) groups excluding carboxylic acids is 2. The van der Waals surface area contributed by atoms with Gasteiger partial charge in [0.05, 0.1) is 33.9 Å². The van der Waals surface area contributed by atoms with Gasteiger partial charge in [0, 0.05) is 12.8 Å². The minimum absolute atomic E-state index is 0.0675. The van der Waals surface area contributed by atoms with E-state index in [1.807, 2.05) is 39.4 Å². The molecular formula is C50H84NO9P. The number of quaternary nitrogens is 1. The lowest BCUT2D eigenvalue weighted by atomic mass is 10.1. The number of phosphoric ester groups is 1. The number of carbonyl (C=O) groups is 2. The van der Waals surface area contributed by atoms with E-state index < -0.39 is 38.6 Å². The van der Waals surface area contributed by atoms with E-state index in [4.69, 9.17) is 18.5 Å². The van der Waals surface area contributed by atoms with Crippen LogP contribution in [0, 0.1) is 0 Å². The maximum atomic E-state index is 12.7. The second-order valence-corrected chi connectivity index (χ2v) is 17.7. The van der Waals surface area contributed by atoms with Crippen LogP contribution in [0.2, 0.25) is 0 Å². The number of unbranched alkanes of at least 4 members (excludes halogenated alkanes) is 10. The Morgan fingerprint density at radius 1 is 0.607 bits per heavy atom. The fourth-order valence-corrected chi connectivity index (χ4v) is 6.20. The molecule has 0 bridgehead atoms. The van der Waals surface area contributed by atoms with E-state index in [9.17, 15) is 24.2 Å². The average Bonchev–Trinajstić information content (AvgIpc) is 3.21. The van der Waals surface area contributed by atoms with Crippen molar-refractivity contribution in [2.24, 2.45) is 0 Å². The van der Waals surface area contributed by atoms with Crippen LogP contribution in [0.15, 0.2) is 97.2 Å². The predicted molar refractivity (Wildman–Crippen MR) is 251 cm³/mol. The molecule has 0 aliphatic heterocycles. The molecule has 0 aromatic heterocycles. The molecule has 0 saturated carbocycles. The fourth-order valence-electron chi connectivity index (χ4n) is 5.47. The lowest BCUT2D eigenvalue weighted by Crippen LogP contribution is -2.37. The molecule has 0 aliphatic carbocycles. The summed E-state index contributed by atoms with van der Waals surface area (Å²) in [6.45, 7) is 3.94. The van der Waals surface area contributed by atoms with Crippen molar-refractivity contribution in [1.82, 2.24) is 0 Å². The Hall–Kier alpha value is -3.11. The monoisotopic (exact) mass is 874 g/mol. The standard InChI is InChI=1S/C50H84NO9P/c1-6-8-10-12-14-16-17-18-19-20-21-22-23-24-25-27-29-33-37-41-49(53)57-45-48(46-59-61(55,56)58-44-43-51(3,4)5)60-50(54)42-38-34-30-32-36-40-47(52)39-35-31-28-26-15-13-11-9-7-2/h14-16,18-19,21-22,24-26,30-32,35-36,40,47-48,52H,6-13,17,20,23,27-29,33-34,37-39,41-46H2,1-5H3/b16-14-,19-18-,22-21-,25-24-,26-15-,32-30+,35-31-,40-36-/t47?,48-/m1/s1. The number of likely N-dealkylation sites (N-methyl/N-ethyl adjacent to an activating group) is 1. The third-order valence-corrected chi connectivity index (χ3v) is 10.1. The highest BCUT2D eigenvalue weighted by Crippen LogP contribution is 2.38.